The molecule has 1 aromatic rings. The molecule has 0 spiro atoms. The van der Waals surface area contributed by atoms with Gasteiger partial charge in [0.1, 0.15) is 0 Å². The molecule has 0 saturated carbocycles. The lowest BCUT2D eigenvalue weighted by molar-refractivity contribution is 0.377. The van der Waals surface area contributed by atoms with Crippen molar-refractivity contribution in [1.82, 2.24) is 15.0 Å². The molecule has 0 aliphatic carbocycles. The summed E-state index contributed by atoms with van der Waals surface area (Å²) in [4.78, 5) is 0. The molecule has 0 aliphatic rings. The number of unbranched alkanes of at least 4 members (excludes halogenated alkanes) is 1. The lowest BCUT2D eigenvalue weighted by atomic mass is 9.92. The fraction of sp³-hybridized carbons (Fsp3) is 0.882. The monoisotopic (exact) mass is 279 g/mol. The second-order valence-electron chi connectivity index (χ2n) is 6.95. The van der Waals surface area contributed by atoms with Gasteiger partial charge < -0.3 is 0 Å². The van der Waals surface area contributed by atoms with Gasteiger partial charge in [-0.3, -0.25) is 0 Å². The summed E-state index contributed by atoms with van der Waals surface area (Å²) in [7, 11) is 0. The van der Waals surface area contributed by atoms with Crippen molar-refractivity contribution in [2.75, 3.05) is 0 Å². The van der Waals surface area contributed by atoms with Gasteiger partial charge in [0.05, 0.1) is 11.9 Å². The highest BCUT2D eigenvalue weighted by molar-refractivity contribution is 4.93. The van der Waals surface area contributed by atoms with Crippen LogP contribution in [-0.4, -0.2) is 15.0 Å². The SMILES string of the molecule is CC(C)CCCn1nncc1CCCCC(C)C(C)C. The van der Waals surface area contributed by atoms with Crippen LogP contribution < -0.4 is 0 Å². The van der Waals surface area contributed by atoms with Crippen LogP contribution in [0.4, 0.5) is 0 Å². The third-order valence-electron chi connectivity index (χ3n) is 4.33. The van der Waals surface area contributed by atoms with Gasteiger partial charge in [0.15, 0.2) is 0 Å². The van der Waals surface area contributed by atoms with E-state index >= 15 is 0 Å². The van der Waals surface area contributed by atoms with Crippen molar-refractivity contribution in [3.05, 3.63) is 11.9 Å². The van der Waals surface area contributed by atoms with Crippen LogP contribution in [0.2, 0.25) is 0 Å². The van der Waals surface area contributed by atoms with Crippen molar-refractivity contribution in [3.63, 3.8) is 0 Å². The first-order valence-corrected chi connectivity index (χ1v) is 8.38. The summed E-state index contributed by atoms with van der Waals surface area (Å²) in [6.45, 7) is 12.6. The summed E-state index contributed by atoms with van der Waals surface area (Å²) in [6.07, 6.45) is 9.46. The molecule has 0 radical (unpaired) electrons. The predicted octanol–water partition coefficient (Wildman–Crippen LogP) is 4.72. The van der Waals surface area contributed by atoms with E-state index in [2.05, 4.69) is 49.6 Å². The van der Waals surface area contributed by atoms with Crippen molar-refractivity contribution in [2.45, 2.75) is 79.7 Å². The average Bonchev–Trinajstić information content (AvgIpc) is 2.81. The van der Waals surface area contributed by atoms with E-state index < -0.39 is 0 Å². The highest BCUT2D eigenvalue weighted by atomic mass is 15.4. The molecule has 0 aromatic carbocycles. The molecule has 1 aromatic heterocycles. The van der Waals surface area contributed by atoms with E-state index in [9.17, 15) is 0 Å². The van der Waals surface area contributed by atoms with E-state index in [1.165, 1.54) is 37.8 Å². The van der Waals surface area contributed by atoms with Crippen molar-refractivity contribution >= 4 is 0 Å². The Hall–Kier alpha value is -0.860. The zero-order chi connectivity index (χ0) is 15.0. The predicted molar refractivity (Wildman–Crippen MR) is 85.7 cm³/mol. The maximum absolute atomic E-state index is 4.22. The Kier molecular flexibility index (Phi) is 7.86. The first-order chi connectivity index (χ1) is 9.50. The molecule has 3 nitrogen and oxygen atoms in total. The number of aryl methyl sites for hydroxylation is 2. The van der Waals surface area contributed by atoms with Crippen molar-refractivity contribution in [1.29, 1.82) is 0 Å². The van der Waals surface area contributed by atoms with Gasteiger partial charge in [0, 0.05) is 6.54 Å². The van der Waals surface area contributed by atoms with E-state index in [1.54, 1.807) is 0 Å². The maximum Gasteiger partial charge on any atom is 0.0725 e. The zero-order valence-corrected chi connectivity index (χ0v) is 14.1. The minimum Gasteiger partial charge on any atom is -0.249 e. The van der Waals surface area contributed by atoms with Gasteiger partial charge >= 0.3 is 0 Å². The summed E-state index contributed by atoms with van der Waals surface area (Å²) >= 11 is 0. The summed E-state index contributed by atoms with van der Waals surface area (Å²) < 4.78 is 2.11. The first kappa shape index (κ1) is 17.2. The Balaban J connectivity index is 2.25. The lowest BCUT2D eigenvalue weighted by Crippen LogP contribution is -2.07. The Morgan fingerprint density at radius 2 is 1.75 bits per heavy atom. The van der Waals surface area contributed by atoms with Gasteiger partial charge in [-0.2, -0.15) is 0 Å². The highest BCUT2D eigenvalue weighted by Crippen LogP contribution is 2.18. The molecule has 0 fully saturated rings. The number of rotatable bonds is 10. The molecule has 1 heterocycles. The second-order valence-corrected chi connectivity index (χ2v) is 6.95. The fourth-order valence-electron chi connectivity index (χ4n) is 2.42. The van der Waals surface area contributed by atoms with E-state index in [0.29, 0.717) is 0 Å². The van der Waals surface area contributed by atoms with E-state index in [1.807, 2.05) is 6.20 Å². The molecule has 1 unspecified atom stereocenters. The van der Waals surface area contributed by atoms with Gasteiger partial charge in [0.25, 0.3) is 0 Å². The van der Waals surface area contributed by atoms with Crippen LogP contribution in [0.25, 0.3) is 0 Å². The molecule has 0 N–H and O–H groups in total. The minimum atomic E-state index is 0.777. The van der Waals surface area contributed by atoms with Gasteiger partial charge in [-0.1, -0.05) is 52.7 Å². The van der Waals surface area contributed by atoms with Crippen LogP contribution in [-0.2, 0) is 13.0 Å². The quantitative estimate of drug-likeness (QED) is 0.580. The maximum atomic E-state index is 4.22. The average molecular weight is 279 g/mol. The third kappa shape index (κ3) is 6.53. The standard InChI is InChI=1S/C17H33N3/c1-14(2)9-8-12-20-17(13-18-19-20)11-7-6-10-16(5)15(3)4/h13-16H,6-12H2,1-5H3. The topological polar surface area (TPSA) is 30.7 Å². The molecule has 1 rings (SSSR count). The normalized spacial score (nSPS) is 13.3. The number of aromatic nitrogens is 3. The Morgan fingerprint density at radius 1 is 1.00 bits per heavy atom. The van der Waals surface area contributed by atoms with Crippen LogP contribution in [0, 0.1) is 17.8 Å². The summed E-state index contributed by atoms with van der Waals surface area (Å²) in [5, 5.41) is 8.30. The molecule has 1 atom stereocenters. The van der Waals surface area contributed by atoms with Crippen LogP contribution in [0.1, 0.15) is 72.4 Å². The molecule has 20 heavy (non-hydrogen) atoms. The Bertz CT molecular complexity index is 355. The first-order valence-electron chi connectivity index (χ1n) is 8.38. The van der Waals surface area contributed by atoms with Crippen LogP contribution >= 0.6 is 0 Å². The van der Waals surface area contributed by atoms with Crippen molar-refractivity contribution < 1.29 is 0 Å². The molecular formula is C17H33N3. The molecule has 0 amide bonds. The van der Waals surface area contributed by atoms with Crippen molar-refractivity contribution in [2.24, 2.45) is 17.8 Å². The van der Waals surface area contributed by atoms with E-state index in [4.69, 9.17) is 0 Å². The molecule has 0 aliphatic heterocycles. The number of hydrogen-bond acceptors (Lipinski definition) is 2. The third-order valence-corrected chi connectivity index (χ3v) is 4.33. The van der Waals surface area contributed by atoms with Gasteiger partial charge in [-0.25, -0.2) is 4.68 Å². The van der Waals surface area contributed by atoms with Crippen LogP contribution in [0.15, 0.2) is 6.20 Å². The lowest BCUT2D eigenvalue weighted by Gasteiger charge is -2.14. The summed E-state index contributed by atoms with van der Waals surface area (Å²) in [6, 6.07) is 0. The zero-order valence-electron chi connectivity index (χ0n) is 14.1. The molecule has 0 bridgehead atoms. The molecular weight excluding hydrogens is 246 g/mol. The number of hydrogen-bond donors (Lipinski definition) is 0. The molecule has 116 valence electrons. The summed E-state index contributed by atoms with van der Waals surface area (Å²) in [5.74, 6) is 2.42. The minimum absolute atomic E-state index is 0.777. The van der Waals surface area contributed by atoms with Gasteiger partial charge in [-0.05, 0) is 43.4 Å². The van der Waals surface area contributed by atoms with Gasteiger partial charge in [0.2, 0.25) is 0 Å². The van der Waals surface area contributed by atoms with Crippen LogP contribution in [0.5, 0.6) is 0 Å². The van der Waals surface area contributed by atoms with Gasteiger partial charge in [-0.15, -0.1) is 5.10 Å². The van der Waals surface area contributed by atoms with E-state index in [-0.39, 0.29) is 0 Å². The Morgan fingerprint density at radius 3 is 2.40 bits per heavy atom. The van der Waals surface area contributed by atoms with Crippen LogP contribution in [0.3, 0.4) is 0 Å². The largest absolute Gasteiger partial charge is 0.249 e. The number of nitrogens with zero attached hydrogens (tertiary/aromatic N) is 3. The fourth-order valence-corrected chi connectivity index (χ4v) is 2.42. The Labute approximate surface area is 125 Å². The summed E-state index contributed by atoms with van der Waals surface area (Å²) in [5.41, 5.74) is 1.31. The second kappa shape index (κ2) is 9.15. The highest BCUT2D eigenvalue weighted by Gasteiger charge is 2.08. The molecule has 3 heteroatoms. The van der Waals surface area contributed by atoms with E-state index in [0.717, 1.165) is 30.7 Å². The molecule has 0 saturated heterocycles. The van der Waals surface area contributed by atoms with Crippen molar-refractivity contribution in [3.8, 4) is 0 Å². The smallest absolute Gasteiger partial charge is 0.0725 e.